The Morgan fingerprint density at radius 1 is 1.31 bits per heavy atom. The van der Waals surface area contributed by atoms with E-state index in [1.807, 2.05) is 31.2 Å². The molecule has 1 aromatic carbocycles. The molecule has 0 atom stereocenters. The number of nitrogens with zero attached hydrogens (tertiary/aromatic N) is 3. The molecule has 8 heteroatoms. The molecule has 0 spiro atoms. The first kappa shape index (κ1) is 19.3. The minimum Gasteiger partial charge on any atom is -0.494 e. The predicted octanol–water partition coefficient (Wildman–Crippen LogP) is 2.89. The molecule has 0 bridgehead atoms. The average Bonchev–Trinajstić information content (AvgIpc) is 3.11. The van der Waals surface area contributed by atoms with E-state index >= 15 is 0 Å². The van der Waals surface area contributed by atoms with Crippen molar-refractivity contribution in [3.05, 3.63) is 57.0 Å². The van der Waals surface area contributed by atoms with Crippen LogP contribution in [0.5, 0.6) is 5.75 Å². The van der Waals surface area contributed by atoms with E-state index in [0.29, 0.717) is 12.0 Å². The maximum Gasteiger partial charge on any atom is 0.262 e. The van der Waals surface area contributed by atoms with Crippen LogP contribution in [-0.4, -0.2) is 28.3 Å². The van der Waals surface area contributed by atoms with Crippen molar-refractivity contribution in [2.24, 2.45) is 5.10 Å². The monoisotopic (exact) mass is 410 g/mol. The number of nitrogens with one attached hydrogen (secondary N) is 1. The standard InChI is InChI=1S/C21H22N4O3S/c1-2-28-15-9-7-14(8-10-15)11-23-24-18(26)12-25-13-22-20-19(21(25)27)16-5-3-4-6-17(16)29-20/h7-11,13H,2-6,12H2,1H3,(H,24,26)/b23-11+. The molecule has 2 aromatic heterocycles. The zero-order valence-electron chi connectivity index (χ0n) is 16.2. The molecule has 0 aliphatic heterocycles. The van der Waals surface area contributed by atoms with Gasteiger partial charge in [-0.2, -0.15) is 5.10 Å². The van der Waals surface area contributed by atoms with Crippen molar-refractivity contribution < 1.29 is 9.53 Å². The van der Waals surface area contributed by atoms with Gasteiger partial charge >= 0.3 is 0 Å². The number of carbonyl (C=O) groups excluding carboxylic acids is 1. The van der Waals surface area contributed by atoms with Crippen LogP contribution in [0.25, 0.3) is 10.2 Å². The minimum atomic E-state index is -0.375. The Bertz CT molecular complexity index is 1120. The molecule has 150 valence electrons. The molecule has 0 radical (unpaired) electrons. The third-order valence-corrected chi connectivity index (χ3v) is 6.05. The van der Waals surface area contributed by atoms with Gasteiger partial charge in [-0.05, 0) is 68.0 Å². The summed E-state index contributed by atoms with van der Waals surface area (Å²) in [4.78, 5) is 31.5. The summed E-state index contributed by atoms with van der Waals surface area (Å²) in [6.45, 7) is 2.42. The molecule has 1 N–H and O–H groups in total. The maximum absolute atomic E-state index is 12.9. The molecule has 1 aliphatic carbocycles. The lowest BCUT2D eigenvalue weighted by atomic mass is 9.97. The Kier molecular flexibility index (Phi) is 5.71. The van der Waals surface area contributed by atoms with Crippen molar-refractivity contribution in [3.8, 4) is 5.75 Å². The van der Waals surface area contributed by atoms with E-state index in [1.165, 1.54) is 15.8 Å². The third-order valence-electron chi connectivity index (χ3n) is 4.85. The fourth-order valence-electron chi connectivity index (χ4n) is 3.48. The van der Waals surface area contributed by atoms with Crippen LogP contribution < -0.4 is 15.7 Å². The van der Waals surface area contributed by atoms with E-state index in [9.17, 15) is 9.59 Å². The summed E-state index contributed by atoms with van der Waals surface area (Å²) in [7, 11) is 0. The molecular weight excluding hydrogens is 388 g/mol. The van der Waals surface area contributed by atoms with Gasteiger partial charge in [0.25, 0.3) is 11.5 Å². The van der Waals surface area contributed by atoms with Crippen molar-refractivity contribution in [2.45, 2.75) is 39.2 Å². The molecule has 2 heterocycles. The predicted molar refractivity (Wildman–Crippen MR) is 114 cm³/mol. The molecule has 1 amide bonds. The molecule has 1 aliphatic rings. The number of hydrogen-bond donors (Lipinski definition) is 1. The van der Waals surface area contributed by atoms with Crippen LogP contribution >= 0.6 is 11.3 Å². The number of carbonyl (C=O) groups is 1. The highest BCUT2D eigenvalue weighted by Gasteiger charge is 2.20. The summed E-state index contributed by atoms with van der Waals surface area (Å²) >= 11 is 1.60. The van der Waals surface area contributed by atoms with Gasteiger partial charge in [-0.3, -0.25) is 14.2 Å². The highest BCUT2D eigenvalue weighted by molar-refractivity contribution is 7.18. The average molecular weight is 410 g/mol. The van der Waals surface area contributed by atoms with Gasteiger partial charge in [0.1, 0.15) is 17.1 Å². The number of benzene rings is 1. The molecule has 4 rings (SSSR count). The molecule has 0 saturated heterocycles. The van der Waals surface area contributed by atoms with Gasteiger partial charge in [0.2, 0.25) is 0 Å². The molecule has 7 nitrogen and oxygen atoms in total. The molecule has 29 heavy (non-hydrogen) atoms. The Morgan fingerprint density at radius 2 is 2.10 bits per heavy atom. The molecule has 0 unspecified atom stereocenters. The van der Waals surface area contributed by atoms with Crippen molar-refractivity contribution >= 4 is 33.7 Å². The fraction of sp³-hybridized carbons (Fsp3) is 0.333. The highest BCUT2D eigenvalue weighted by Crippen LogP contribution is 2.33. The van der Waals surface area contributed by atoms with Gasteiger partial charge in [-0.15, -0.1) is 11.3 Å². The Labute approximate surface area is 172 Å². The van der Waals surface area contributed by atoms with Crippen molar-refractivity contribution in [1.82, 2.24) is 15.0 Å². The van der Waals surface area contributed by atoms with E-state index in [1.54, 1.807) is 17.6 Å². The van der Waals surface area contributed by atoms with Crippen molar-refractivity contribution in [2.75, 3.05) is 6.61 Å². The fourth-order valence-corrected chi connectivity index (χ4v) is 4.70. The number of rotatable bonds is 6. The summed E-state index contributed by atoms with van der Waals surface area (Å²) in [6.07, 6.45) is 7.16. The van der Waals surface area contributed by atoms with E-state index in [-0.39, 0.29) is 18.0 Å². The lowest BCUT2D eigenvalue weighted by Gasteiger charge is -2.10. The van der Waals surface area contributed by atoms with Crippen LogP contribution in [0.1, 0.15) is 35.8 Å². The number of hydrogen-bond acceptors (Lipinski definition) is 6. The van der Waals surface area contributed by atoms with E-state index in [2.05, 4.69) is 15.5 Å². The van der Waals surface area contributed by atoms with Crippen LogP contribution in [0, 0.1) is 0 Å². The Hall–Kier alpha value is -3.00. The molecular formula is C21H22N4O3S. The number of thiophene rings is 1. The highest BCUT2D eigenvalue weighted by atomic mass is 32.1. The number of ether oxygens (including phenoxy) is 1. The Balaban J connectivity index is 1.43. The van der Waals surface area contributed by atoms with Gasteiger partial charge in [0, 0.05) is 4.88 Å². The molecule has 3 aromatic rings. The Morgan fingerprint density at radius 3 is 2.90 bits per heavy atom. The first-order chi connectivity index (χ1) is 14.2. The van der Waals surface area contributed by atoms with Gasteiger partial charge in [0.05, 0.1) is 24.5 Å². The molecule has 0 fully saturated rings. The van der Waals surface area contributed by atoms with E-state index in [4.69, 9.17) is 4.74 Å². The summed E-state index contributed by atoms with van der Waals surface area (Å²) in [5, 5.41) is 4.65. The van der Waals surface area contributed by atoms with Crippen molar-refractivity contribution in [3.63, 3.8) is 0 Å². The largest absolute Gasteiger partial charge is 0.494 e. The lowest BCUT2D eigenvalue weighted by Crippen LogP contribution is -2.30. The lowest BCUT2D eigenvalue weighted by molar-refractivity contribution is -0.121. The van der Waals surface area contributed by atoms with Gasteiger partial charge in [-0.1, -0.05) is 0 Å². The number of amides is 1. The van der Waals surface area contributed by atoms with Crippen LogP contribution in [0.4, 0.5) is 0 Å². The quantitative estimate of drug-likeness (QED) is 0.500. The van der Waals surface area contributed by atoms with Crippen LogP contribution in [0.3, 0.4) is 0 Å². The summed E-state index contributed by atoms with van der Waals surface area (Å²) in [5.74, 6) is 0.408. The topological polar surface area (TPSA) is 85.6 Å². The van der Waals surface area contributed by atoms with Crippen LogP contribution in [0.2, 0.25) is 0 Å². The van der Waals surface area contributed by atoms with Gasteiger partial charge in [-0.25, -0.2) is 10.4 Å². The summed E-state index contributed by atoms with van der Waals surface area (Å²) in [6, 6.07) is 7.38. The summed E-state index contributed by atoms with van der Waals surface area (Å²) < 4.78 is 6.74. The smallest absolute Gasteiger partial charge is 0.262 e. The van der Waals surface area contributed by atoms with Crippen molar-refractivity contribution in [1.29, 1.82) is 0 Å². The second-order valence-corrected chi connectivity index (χ2v) is 7.95. The van der Waals surface area contributed by atoms with Gasteiger partial charge < -0.3 is 4.74 Å². The number of fused-ring (bicyclic) bond motifs is 3. The summed E-state index contributed by atoms with van der Waals surface area (Å²) in [5.41, 5.74) is 4.27. The normalized spacial score (nSPS) is 13.6. The second kappa shape index (κ2) is 8.57. The second-order valence-electron chi connectivity index (χ2n) is 6.86. The van der Waals surface area contributed by atoms with Crippen LogP contribution in [0.15, 0.2) is 40.5 Å². The van der Waals surface area contributed by atoms with E-state index in [0.717, 1.165) is 47.4 Å². The third kappa shape index (κ3) is 4.22. The first-order valence-electron chi connectivity index (χ1n) is 9.70. The zero-order chi connectivity index (χ0) is 20.2. The minimum absolute atomic E-state index is 0.118. The SMILES string of the molecule is CCOc1ccc(/C=N/NC(=O)Cn2cnc3sc4c(c3c2=O)CCCC4)cc1. The molecule has 0 saturated carbocycles. The number of aromatic nitrogens is 2. The van der Waals surface area contributed by atoms with Crippen LogP contribution in [-0.2, 0) is 24.2 Å². The first-order valence-corrected chi connectivity index (χ1v) is 10.5. The zero-order valence-corrected chi connectivity index (χ0v) is 17.0. The number of aryl methyl sites for hydroxylation is 2. The van der Waals surface area contributed by atoms with E-state index < -0.39 is 0 Å². The van der Waals surface area contributed by atoms with Gasteiger partial charge in [0.15, 0.2) is 0 Å². The number of hydrazone groups is 1. The maximum atomic E-state index is 12.9.